The van der Waals surface area contributed by atoms with Crippen LogP contribution in [0, 0.1) is 25.2 Å². The average Bonchev–Trinajstić information content (AvgIpc) is 2.32. The molecule has 1 rings (SSSR count). The third kappa shape index (κ3) is 1.71. The minimum absolute atomic E-state index is 0.0766. The number of alkyl halides is 3. The van der Waals surface area contributed by atoms with Crippen LogP contribution in [0.2, 0.25) is 0 Å². The van der Waals surface area contributed by atoms with E-state index in [0.717, 1.165) is 4.68 Å². The second-order valence-corrected chi connectivity index (χ2v) is 2.87. The predicted octanol–water partition coefficient (Wildman–Crippen LogP) is 2.04. The first-order valence-electron chi connectivity index (χ1n) is 3.86. The van der Waals surface area contributed by atoms with Crippen LogP contribution in [0.4, 0.5) is 13.2 Å². The van der Waals surface area contributed by atoms with Crippen molar-refractivity contribution in [2.45, 2.75) is 26.6 Å². The summed E-state index contributed by atoms with van der Waals surface area (Å²) < 4.78 is 38.0. The summed E-state index contributed by atoms with van der Waals surface area (Å²) in [5.41, 5.74) is -0.461. The number of nitriles is 1. The molecule has 0 amide bonds. The van der Waals surface area contributed by atoms with E-state index in [4.69, 9.17) is 5.26 Å². The summed E-state index contributed by atoms with van der Waals surface area (Å²) in [5, 5.41) is 11.7. The van der Waals surface area contributed by atoms with E-state index < -0.39 is 11.9 Å². The lowest BCUT2D eigenvalue weighted by Gasteiger charge is -2.01. The van der Waals surface area contributed by atoms with Gasteiger partial charge in [-0.25, -0.2) is 0 Å². The van der Waals surface area contributed by atoms with E-state index in [1.807, 2.05) is 0 Å². The number of nitrogens with zero attached hydrogens (tertiary/aromatic N) is 3. The van der Waals surface area contributed by atoms with E-state index in [1.165, 1.54) is 13.8 Å². The second-order valence-electron chi connectivity index (χ2n) is 2.87. The fourth-order valence-corrected chi connectivity index (χ4v) is 1.13. The number of aromatic nitrogens is 2. The van der Waals surface area contributed by atoms with Crippen LogP contribution in [0.1, 0.15) is 17.0 Å². The average molecular weight is 203 g/mol. The Kier molecular flexibility index (Phi) is 2.51. The van der Waals surface area contributed by atoms with E-state index in [2.05, 4.69) is 5.10 Å². The highest BCUT2D eigenvalue weighted by atomic mass is 19.4. The van der Waals surface area contributed by atoms with Crippen molar-refractivity contribution in [2.24, 2.45) is 0 Å². The van der Waals surface area contributed by atoms with Gasteiger partial charge in [0.2, 0.25) is 0 Å². The number of halogens is 3. The fraction of sp³-hybridized carbons (Fsp3) is 0.500. The maximum absolute atomic E-state index is 12.3. The van der Waals surface area contributed by atoms with Crippen molar-refractivity contribution in [1.29, 1.82) is 5.26 Å². The summed E-state index contributed by atoms with van der Waals surface area (Å²) in [4.78, 5) is 0. The quantitative estimate of drug-likeness (QED) is 0.700. The van der Waals surface area contributed by atoms with Gasteiger partial charge in [0.15, 0.2) is 5.69 Å². The van der Waals surface area contributed by atoms with Crippen LogP contribution < -0.4 is 0 Å². The Morgan fingerprint density at radius 2 is 2.00 bits per heavy atom. The molecule has 0 fully saturated rings. The molecule has 1 aromatic rings. The molecule has 0 bridgehead atoms. The molecule has 0 aliphatic heterocycles. The normalized spacial score (nSPS) is 11.4. The van der Waals surface area contributed by atoms with E-state index in [-0.39, 0.29) is 12.1 Å². The molecule has 0 saturated heterocycles. The Balaban J connectivity index is 3.23. The first kappa shape index (κ1) is 10.6. The van der Waals surface area contributed by atoms with Crippen LogP contribution in [0.3, 0.4) is 0 Å². The fourth-order valence-electron chi connectivity index (χ4n) is 1.13. The largest absolute Gasteiger partial charge is 0.435 e. The van der Waals surface area contributed by atoms with Crippen molar-refractivity contribution in [2.75, 3.05) is 0 Å². The van der Waals surface area contributed by atoms with Gasteiger partial charge in [-0.15, -0.1) is 0 Å². The van der Waals surface area contributed by atoms with Crippen LogP contribution in [-0.2, 0) is 12.7 Å². The smallest absolute Gasteiger partial charge is 0.255 e. The zero-order valence-electron chi connectivity index (χ0n) is 7.68. The Hall–Kier alpha value is -1.51. The SMILES string of the molecule is Cc1c(C(F)(F)F)nn(CC#N)c1C. The molecule has 6 heteroatoms. The Bertz CT molecular complexity index is 384. The second kappa shape index (κ2) is 3.33. The van der Waals surface area contributed by atoms with Crippen LogP contribution >= 0.6 is 0 Å². The molecule has 3 nitrogen and oxygen atoms in total. The summed E-state index contributed by atoms with van der Waals surface area (Å²) in [5.74, 6) is 0. The number of hydrogen-bond donors (Lipinski definition) is 0. The highest BCUT2D eigenvalue weighted by Crippen LogP contribution is 2.31. The molecular formula is C8H8F3N3. The third-order valence-electron chi connectivity index (χ3n) is 1.99. The van der Waals surface area contributed by atoms with Gasteiger partial charge in [-0.05, 0) is 13.8 Å². The first-order chi connectivity index (χ1) is 6.38. The minimum atomic E-state index is -4.45. The van der Waals surface area contributed by atoms with Crippen molar-refractivity contribution >= 4 is 0 Å². The molecule has 0 spiro atoms. The molecule has 14 heavy (non-hydrogen) atoms. The van der Waals surface area contributed by atoms with Crippen LogP contribution in [0.5, 0.6) is 0 Å². The molecule has 1 aromatic heterocycles. The number of hydrogen-bond acceptors (Lipinski definition) is 2. The maximum atomic E-state index is 12.3. The Morgan fingerprint density at radius 1 is 1.43 bits per heavy atom. The van der Waals surface area contributed by atoms with Crippen molar-refractivity contribution in [3.05, 3.63) is 17.0 Å². The maximum Gasteiger partial charge on any atom is 0.435 e. The Labute approximate surface area is 78.8 Å². The standard InChI is InChI=1S/C8H8F3N3/c1-5-6(2)14(4-3-12)13-7(5)8(9,10)11/h4H2,1-2H3. The first-order valence-corrected chi connectivity index (χ1v) is 3.86. The molecule has 0 atom stereocenters. The van der Waals surface area contributed by atoms with E-state index in [1.54, 1.807) is 6.07 Å². The molecule has 0 unspecified atom stereocenters. The molecular weight excluding hydrogens is 195 g/mol. The van der Waals surface area contributed by atoms with Gasteiger partial charge in [0.25, 0.3) is 0 Å². The molecule has 0 aliphatic carbocycles. The van der Waals surface area contributed by atoms with Crippen LogP contribution in [0.25, 0.3) is 0 Å². The molecule has 0 saturated carbocycles. The predicted molar refractivity (Wildman–Crippen MR) is 42.3 cm³/mol. The van der Waals surface area contributed by atoms with Crippen molar-refractivity contribution in [3.63, 3.8) is 0 Å². The summed E-state index contributed by atoms with van der Waals surface area (Å²) in [6.07, 6.45) is -4.45. The van der Waals surface area contributed by atoms with Crippen LogP contribution in [0.15, 0.2) is 0 Å². The summed E-state index contributed by atoms with van der Waals surface area (Å²) in [7, 11) is 0. The van der Waals surface area contributed by atoms with E-state index >= 15 is 0 Å². The number of rotatable bonds is 1. The van der Waals surface area contributed by atoms with Gasteiger partial charge in [0, 0.05) is 11.3 Å². The highest BCUT2D eigenvalue weighted by molar-refractivity contribution is 5.26. The lowest BCUT2D eigenvalue weighted by atomic mass is 10.2. The van der Waals surface area contributed by atoms with Gasteiger partial charge in [0.1, 0.15) is 6.54 Å². The molecule has 1 heterocycles. The van der Waals surface area contributed by atoms with Crippen molar-refractivity contribution in [1.82, 2.24) is 9.78 Å². The lowest BCUT2D eigenvalue weighted by molar-refractivity contribution is -0.141. The molecule has 0 aromatic carbocycles. The van der Waals surface area contributed by atoms with Gasteiger partial charge in [-0.3, -0.25) is 4.68 Å². The summed E-state index contributed by atoms with van der Waals surface area (Å²) in [6, 6.07) is 1.75. The van der Waals surface area contributed by atoms with E-state index in [9.17, 15) is 13.2 Å². The summed E-state index contributed by atoms with van der Waals surface area (Å²) >= 11 is 0. The van der Waals surface area contributed by atoms with Gasteiger partial charge in [0.05, 0.1) is 6.07 Å². The minimum Gasteiger partial charge on any atom is -0.255 e. The lowest BCUT2D eigenvalue weighted by Crippen LogP contribution is -2.08. The monoisotopic (exact) mass is 203 g/mol. The van der Waals surface area contributed by atoms with Gasteiger partial charge in [-0.2, -0.15) is 23.5 Å². The molecule has 0 N–H and O–H groups in total. The van der Waals surface area contributed by atoms with Crippen molar-refractivity contribution < 1.29 is 13.2 Å². The summed E-state index contributed by atoms with van der Waals surface area (Å²) in [6.45, 7) is 2.69. The van der Waals surface area contributed by atoms with Gasteiger partial charge >= 0.3 is 6.18 Å². The zero-order chi connectivity index (χ0) is 10.9. The molecule has 0 aliphatic rings. The Morgan fingerprint density at radius 3 is 2.36 bits per heavy atom. The zero-order valence-corrected chi connectivity index (χ0v) is 7.68. The van der Waals surface area contributed by atoms with E-state index in [0.29, 0.717) is 5.69 Å². The van der Waals surface area contributed by atoms with Gasteiger partial charge in [-0.1, -0.05) is 0 Å². The highest BCUT2D eigenvalue weighted by Gasteiger charge is 2.36. The van der Waals surface area contributed by atoms with Crippen molar-refractivity contribution in [3.8, 4) is 6.07 Å². The topological polar surface area (TPSA) is 41.6 Å². The molecule has 76 valence electrons. The molecule has 0 radical (unpaired) electrons. The van der Waals surface area contributed by atoms with Crippen LogP contribution in [-0.4, -0.2) is 9.78 Å². The third-order valence-corrected chi connectivity index (χ3v) is 1.99. The van der Waals surface area contributed by atoms with Gasteiger partial charge < -0.3 is 0 Å².